The van der Waals surface area contributed by atoms with Crippen molar-refractivity contribution in [2.45, 2.75) is 6.92 Å². The highest BCUT2D eigenvalue weighted by atomic mass is 32.1. The quantitative estimate of drug-likeness (QED) is 0.406. The Morgan fingerprint density at radius 2 is 1.78 bits per heavy atom. The van der Waals surface area contributed by atoms with Crippen LogP contribution in [-0.2, 0) is 0 Å². The summed E-state index contributed by atoms with van der Waals surface area (Å²) in [7, 11) is 0. The first-order chi connectivity index (χ1) is 12.9. The summed E-state index contributed by atoms with van der Waals surface area (Å²) in [6.45, 7) is 2.37. The molecule has 0 radical (unpaired) electrons. The summed E-state index contributed by atoms with van der Waals surface area (Å²) >= 11 is 4.94. The largest absolute Gasteiger partial charge is 0.494 e. The number of thiocarbonyl (C=S) groups is 1. The van der Waals surface area contributed by atoms with Gasteiger partial charge in [0.25, 0.3) is 17.5 Å². The van der Waals surface area contributed by atoms with Gasteiger partial charge in [-0.05, 0) is 49.5 Å². The van der Waals surface area contributed by atoms with E-state index in [2.05, 4.69) is 16.2 Å². The standard InChI is InChI=1S/C17H16N4O5S/c1-2-26-14-8-6-11(7-9-14)15(22)18-17(27)20-19-16(23)12-4-3-5-13(10-12)21(24)25/h3-10H,2H2,1H3,(H,19,23)(H2,18,20,22,27). The van der Waals surface area contributed by atoms with Gasteiger partial charge in [0.2, 0.25) is 0 Å². The molecule has 2 aromatic rings. The Labute approximate surface area is 159 Å². The number of rotatable bonds is 5. The maximum Gasteiger partial charge on any atom is 0.270 e. The smallest absolute Gasteiger partial charge is 0.270 e. The van der Waals surface area contributed by atoms with Gasteiger partial charge >= 0.3 is 0 Å². The Morgan fingerprint density at radius 1 is 1.07 bits per heavy atom. The summed E-state index contributed by atoms with van der Waals surface area (Å²) in [4.78, 5) is 34.2. The van der Waals surface area contributed by atoms with Crippen molar-refractivity contribution in [3.05, 3.63) is 69.8 Å². The van der Waals surface area contributed by atoms with Crippen molar-refractivity contribution in [3.8, 4) is 5.75 Å². The van der Waals surface area contributed by atoms with Gasteiger partial charge < -0.3 is 4.74 Å². The first-order valence-electron chi connectivity index (χ1n) is 7.79. The van der Waals surface area contributed by atoms with Gasteiger partial charge in [-0.2, -0.15) is 0 Å². The normalized spacial score (nSPS) is 9.81. The van der Waals surface area contributed by atoms with E-state index in [1.807, 2.05) is 6.92 Å². The third kappa shape index (κ3) is 5.75. The van der Waals surface area contributed by atoms with Crippen molar-refractivity contribution in [3.63, 3.8) is 0 Å². The van der Waals surface area contributed by atoms with Crippen LogP contribution in [0.15, 0.2) is 48.5 Å². The number of carbonyl (C=O) groups is 2. The van der Waals surface area contributed by atoms with Crippen molar-refractivity contribution >= 4 is 34.8 Å². The molecule has 2 rings (SSSR count). The molecule has 0 saturated carbocycles. The molecule has 9 nitrogen and oxygen atoms in total. The van der Waals surface area contributed by atoms with E-state index in [4.69, 9.17) is 17.0 Å². The molecule has 2 amide bonds. The number of hydrazine groups is 1. The second-order valence-corrected chi connectivity index (χ2v) is 5.54. The molecule has 0 heterocycles. The van der Waals surface area contributed by atoms with Crippen LogP contribution in [0, 0.1) is 10.1 Å². The molecular formula is C17H16N4O5S. The first kappa shape index (κ1) is 19.8. The SMILES string of the molecule is CCOc1ccc(C(=O)NC(=S)NNC(=O)c2cccc([N+](=O)[O-])c2)cc1. The summed E-state index contributed by atoms with van der Waals surface area (Å²) < 4.78 is 5.29. The molecule has 0 spiro atoms. The van der Waals surface area contributed by atoms with Crippen LogP contribution in [0.5, 0.6) is 5.75 Å². The maximum absolute atomic E-state index is 12.1. The third-order valence-corrected chi connectivity index (χ3v) is 3.47. The van der Waals surface area contributed by atoms with Crippen molar-refractivity contribution in [1.29, 1.82) is 0 Å². The number of benzene rings is 2. The third-order valence-electron chi connectivity index (χ3n) is 3.26. The Hall–Kier alpha value is -3.53. The van der Waals surface area contributed by atoms with Crippen LogP contribution in [0.2, 0.25) is 0 Å². The number of ether oxygens (including phenoxy) is 1. The van der Waals surface area contributed by atoms with E-state index in [1.54, 1.807) is 24.3 Å². The van der Waals surface area contributed by atoms with Crippen molar-refractivity contribution in [2.75, 3.05) is 6.61 Å². The molecule has 0 aliphatic heterocycles. The number of nitrogens with zero attached hydrogens (tertiary/aromatic N) is 1. The summed E-state index contributed by atoms with van der Waals surface area (Å²) in [6, 6.07) is 11.6. The summed E-state index contributed by atoms with van der Waals surface area (Å²) in [6.07, 6.45) is 0. The molecule has 10 heteroatoms. The van der Waals surface area contributed by atoms with Crippen molar-refractivity contribution < 1.29 is 19.2 Å². The zero-order valence-electron chi connectivity index (χ0n) is 14.2. The van der Waals surface area contributed by atoms with Gasteiger partial charge in [-0.1, -0.05) is 6.07 Å². The number of non-ortho nitro benzene ring substituents is 1. The van der Waals surface area contributed by atoms with Crippen LogP contribution in [0.4, 0.5) is 5.69 Å². The fourth-order valence-electron chi connectivity index (χ4n) is 2.02. The minimum Gasteiger partial charge on any atom is -0.494 e. The van der Waals surface area contributed by atoms with Gasteiger partial charge in [-0.25, -0.2) is 0 Å². The topological polar surface area (TPSA) is 123 Å². The Bertz CT molecular complexity index is 870. The van der Waals surface area contributed by atoms with E-state index >= 15 is 0 Å². The van der Waals surface area contributed by atoms with E-state index in [0.29, 0.717) is 17.9 Å². The van der Waals surface area contributed by atoms with E-state index in [9.17, 15) is 19.7 Å². The molecule has 0 fully saturated rings. The number of hydrogen-bond donors (Lipinski definition) is 3. The summed E-state index contributed by atoms with van der Waals surface area (Å²) in [5, 5.41) is 13.0. The molecule has 0 saturated heterocycles. The van der Waals surface area contributed by atoms with Crippen LogP contribution < -0.4 is 20.9 Å². The molecule has 0 aliphatic carbocycles. The molecular weight excluding hydrogens is 372 g/mol. The lowest BCUT2D eigenvalue weighted by Crippen LogP contribution is -2.48. The maximum atomic E-state index is 12.1. The molecule has 0 aliphatic rings. The molecule has 3 N–H and O–H groups in total. The number of carbonyl (C=O) groups excluding carboxylic acids is 2. The molecule has 0 bridgehead atoms. The van der Waals surface area contributed by atoms with Crippen LogP contribution in [-0.4, -0.2) is 28.5 Å². The second-order valence-electron chi connectivity index (χ2n) is 5.13. The minimum atomic E-state index is -0.642. The molecule has 0 atom stereocenters. The molecule has 0 aromatic heterocycles. The molecule has 2 aromatic carbocycles. The molecule has 140 valence electrons. The number of hydrogen-bond acceptors (Lipinski definition) is 6. The van der Waals surface area contributed by atoms with Gasteiger partial charge in [0.15, 0.2) is 5.11 Å². The number of nitro groups is 1. The Kier molecular flexibility index (Phi) is 6.78. The number of nitro benzene ring substituents is 1. The highest BCUT2D eigenvalue weighted by molar-refractivity contribution is 7.80. The predicted octanol–water partition coefficient (Wildman–Crippen LogP) is 1.94. The van der Waals surface area contributed by atoms with Gasteiger partial charge in [0.1, 0.15) is 5.75 Å². The summed E-state index contributed by atoms with van der Waals surface area (Å²) in [5.74, 6) is -0.476. The van der Waals surface area contributed by atoms with Gasteiger partial charge in [0, 0.05) is 23.3 Å². The Morgan fingerprint density at radius 3 is 2.41 bits per heavy atom. The zero-order chi connectivity index (χ0) is 19.8. The monoisotopic (exact) mass is 388 g/mol. The minimum absolute atomic E-state index is 0.0670. The fourth-order valence-corrected chi connectivity index (χ4v) is 2.17. The van der Waals surface area contributed by atoms with Crippen LogP contribution in [0.3, 0.4) is 0 Å². The lowest BCUT2D eigenvalue weighted by atomic mass is 10.2. The number of amides is 2. The lowest BCUT2D eigenvalue weighted by Gasteiger charge is -2.11. The summed E-state index contributed by atoms with van der Waals surface area (Å²) in [5.41, 5.74) is 4.83. The number of nitrogens with one attached hydrogen (secondary N) is 3. The van der Waals surface area contributed by atoms with Crippen LogP contribution in [0.1, 0.15) is 27.6 Å². The lowest BCUT2D eigenvalue weighted by molar-refractivity contribution is -0.384. The van der Waals surface area contributed by atoms with E-state index in [1.165, 1.54) is 18.2 Å². The fraction of sp³-hybridized carbons (Fsp3) is 0.118. The van der Waals surface area contributed by atoms with Crippen LogP contribution in [0.25, 0.3) is 0 Å². The van der Waals surface area contributed by atoms with Gasteiger partial charge in [-0.3, -0.25) is 35.9 Å². The van der Waals surface area contributed by atoms with E-state index < -0.39 is 16.7 Å². The molecule has 0 unspecified atom stereocenters. The average molecular weight is 388 g/mol. The van der Waals surface area contributed by atoms with Crippen molar-refractivity contribution in [2.24, 2.45) is 0 Å². The highest BCUT2D eigenvalue weighted by Gasteiger charge is 2.12. The van der Waals surface area contributed by atoms with Gasteiger partial charge in [-0.15, -0.1) is 0 Å². The van der Waals surface area contributed by atoms with Crippen LogP contribution >= 0.6 is 12.2 Å². The first-order valence-corrected chi connectivity index (χ1v) is 8.20. The zero-order valence-corrected chi connectivity index (χ0v) is 15.0. The van der Waals surface area contributed by atoms with Gasteiger partial charge in [0.05, 0.1) is 11.5 Å². The molecule has 27 heavy (non-hydrogen) atoms. The van der Waals surface area contributed by atoms with E-state index in [0.717, 1.165) is 6.07 Å². The Balaban J connectivity index is 1.88. The highest BCUT2D eigenvalue weighted by Crippen LogP contribution is 2.13. The van der Waals surface area contributed by atoms with E-state index in [-0.39, 0.29) is 16.4 Å². The predicted molar refractivity (Wildman–Crippen MR) is 101 cm³/mol. The van der Waals surface area contributed by atoms with Crippen molar-refractivity contribution in [1.82, 2.24) is 16.2 Å². The second kappa shape index (κ2) is 9.25. The average Bonchev–Trinajstić information content (AvgIpc) is 2.67.